The summed E-state index contributed by atoms with van der Waals surface area (Å²) in [5.41, 5.74) is 1.18. The Hall–Kier alpha value is -4.22. The molecule has 0 N–H and O–H groups in total. The molecule has 5 rings (SSSR count). The van der Waals surface area contributed by atoms with Crippen LogP contribution in [0, 0.1) is 0 Å². The second kappa shape index (κ2) is 62.5. The lowest BCUT2D eigenvalue weighted by molar-refractivity contribution is 0.234. The van der Waals surface area contributed by atoms with Crippen LogP contribution < -0.4 is 28.4 Å². The smallest absolute Gasteiger partial charge is 0.241 e. The van der Waals surface area contributed by atoms with E-state index in [0.717, 1.165) is 77.0 Å². The van der Waals surface area contributed by atoms with Crippen molar-refractivity contribution in [2.24, 2.45) is 20.0 Å². The molecule has 0 unspecified atom stereocenters. The molecule has 0 radical (unpaired) electrons. The van der Waals surface area contributed by atoms with Crippen LogP contribution in [0.3, 0.4) is 0 Å². The van der Waals surface area contributed by atoms with Crippen LogP contribution in [0.25, 0.3) is 0 Å². The molecule has 0 aromatic heterocycles. The molecule has 0 spiro atoms. The lowest BCUT2D eigenvalue weighted by Crippen LogP contribution is -2.41. The maximum Gasteiger partial charge on any atom is 0.241 e. The highest BCUT2D eigenvalue weighted by atomic mass is 35.5. The first-order valence-corrected chi connectivity index (χ1v) is 45.7. The predicted molar refractivity (Wildman–Crippen MR) is 454 cm³/mol. The molecule has 0 fully saturated rings. The zero-order valence-electron chi connectivity index (χ0n) is 68.5. The number of allylic oxidation sites excluding steroid dienone is 2. The molecule has 0 aliphatic carbocycles. The van der Waals surface area contributed by atoms with Gasteiger partial charge in [0.2, 0.25) is 17.5 Å². The summed E-state index contributed by atoms with van der Waals surface area (Å²) in [6.07, 6.45) is 80.4. The summed E-state index contributed by atoms with van der Waals surface area (Å²) in [6, 6.07) is 3.98. The third-order valence-electron chi connectivity index (χ3n) is 21.3. The molecule has 0 bridgehead atoms. The highest BCUT2D eigenvalue weighted by molar-refractivity contribution is 6.38. The van der Waals surface area contributed by atoms with E-state index >= 15 is 0 Å². The Morgan fingerprint density at radius 3 is 0.781 bits per heavy atom. The molecular weight excluding hydrogens is 1340 g/mol. The van der Waals surface area contributed by atoms with E-state index in [1.165, 1.54) is 308 Å². The second-order valence-corrected chi connectivity index (χ2v) is 31.7. The van der Waals surface area contributed by atoms with Crippen LogP contribution in [-0.4, -0.2) is 68.0 Å². The van der Waals surface area contributed by atoms with Crippen LogP contribution >= 0.6 is 23.2 Å². The molecule has 2 aromatic rings. The number of halogens is 2. The van der Waals surface area contributed by atoms with Gasteiger partial charge in [-0.25, -0.2) is 14.9 Å². The van der Waals surface area contributed by atoms with E-state index in [-0.39, 0.29) is 0 Å². The van der Waals surface area contributed by atoms with Crippen LogP contribution in [-0.2, 0) is 0 Å². The van der Waals surface area contributed by atoms with Gasteiger partial charge in [0.15, 0.2) is 34.7 Å². The minimum Gasteiger partial charge on any atom is -0.490 e. The minimum absolute atomic E-state index is 0.395. The number of nitrogens with zero attached hydrogens (tertiary/aromatic N) is 5. The largest absolute Gasteiger partial charge is 0.490 e. The fourth-order valence-corrected chi connectivity index (χ4v) is 15.1. The quantitative estimate of drug-likeness (QED) is 0.0607. The molecule has 2 aromatic carbocycles. The van der Waals surface area contributed by atoms with Crippen LogP contribution in [0.1, 0.15) is 438 Å². The average Bonchev–Trinajstić information content (AvgIpc) is 0.737. The van der Waals surface area contributed by atoms with E-state index in [4.69, 9.17) is 71.6 Å². The van der Waals surface area contributed by atoms with E-state index < -0.39 is 0 Å². The van der Waals surface area contributed by atoms with Gasteiger partial charge < -0.3 is 28.4 Å². The van der Waals surface area contributed by atoms with Crippen molar-refractivity contribution in [2.75, 3.05) is 39.6 Å². The Labute approximate surface area is 654 Å². The number of amidine groups is 3. The van der Waals surface area contributed by atoms with Crippen LogP contribution in [0.5, 0.6) is 34.5 Å². The van der Waals surface area contributed by atoms with Crippen molar-refractivity contribution in [3.63, 3.8) is 0 Å². The third-order valence-corrected chi connectivity index (χ3v) is 22.0. The van der Waals surface area contributed by atoms with E-state index in [9.17, 15) is 0 Å². The molecule has 3 aliphatic rings. The molecule has 598 valence electrons. The van der Waals surface area contributed by atoms with Gasteiger partial charge in [0, 0.05) is 11.1 Å². The van der Waals surface area contributed by atoms with Crippen molar-refractivity contribution < 1.29 is 28.4 Å². The molecule has 13 heteroatoms. The Bertz CT molecular complexity index is 2590. The van der Waals surface area contributed by atoms with Crippen molar-refractivity contribution in [3.05, 3.63) is 57.4 Å². The SMILES string of the molecule is CCCCCCCCCCCCOc1cc(C2=NC3=CC=CC4=NC(c5cc(OCCCCCCCCCCCC)c(OCCCCCCCCCCCC)c(OCCCCCCCCCCCC)c5Cl)=NC(=N2)N34)c(Cl)c(OCCCCCCCCCCCC)c1OCCCCCCCCCCCC. The fourth-order valence-electron chi connectivity index (χ4n) is 14.5. The average molecular weight is 1500 g/mol. The van der Waals surface area contributed by atoms with Gasteiger partial charge in [-0.1, -0.05) is 418 Å². The zero-order valence-corrected chi connectivity index (χ0v) is 70.0. The highest BCUT2D eigenvalue weighted by Crippen LogP contribution is 2.49. The number of hydrogen-bond donors (Lipinski definition) is 0. The number of rotatable bonds is 74. The van der Waals surface area contributed by atoms with Crippen molar-refractivity contribution in [2.45, 2.75) is 427 Å². The Morgan fingerprint density at radius 1 is 0.267 bits per heavy atom. The van der Waals surface area contributed by atoms with E-state index in [0.29, 0.717) is 125 Å². The molecular formula is C92H155Cl2N5O6. The van der Waals surface area contributed by atoms with Crippen LogP contribution in [0.15, 0.2) is 56.2 Å². The molecule has 105 heavy (non-hydrogen) atoms. The number of unbranched alkanes of at least 4 members (excludes halogenated alkanes) is 54. The highest BCUT2D eigenvalue weighted by Gasteiger charge is 2.35. The monoisotopic (exact) mass is 1500 g/mol. The van der Waals surface area contributed by atoms with Crippen molar-refractivity contribution in [1.29, 1.82) is 0 Å². The van der Waals surface area contributed by atoms with Gasteiger partial charge in [-0.2, -0.15) is 9.98 Å². The summed E-state index contributed by atoms with van der Waals surface area (Å²) in [5, 5.41) is 0.794. The summed E-state index contributed by atoms with van der Waals surface area (Å²) < 4.78 is 41.4. The van der Waals surface area contributed by atoms with Crippen LogP contribution in [0.4, 0.5) is 0 Å². The van der Waals surface area contributed by atoms with Crippen molar-refractivity contribution >= 4 is 46.7 Å². The number of ether oxygens (including phenoxy) is 6. The number of aliphatic imine (C=N–C) groups is 4. The first kappa shape index (κ1) is 91.4. The summed E-state index contributed by atoms with van der Waals surface area (Å²) in [6.45, 7) is 16.9. The molecule has 0 saturated carbocycles. The van der Waals surface area contributed by atoms with Gasteiger partial charge >= 0.3 is 0 Å². The second-order valence-electron chi connectivity index (χ2n) is 30.9. The summed E-state index contributed by atoms with van der Waals surface area (Å²) in [4.78, 5) is 23.1. The maximum atomic E-state index is 7.80. The Balaban J connectivity index is 1.51. The molecule has 0 atom stereocenters. The van der Waals surface area contributed by atoms with E-state index in [1.807, 2.05) is 35.3 Å². The van der Waals surface area contributed by atoms with Crippen molar-refractivity contribution in [1.82, 2.24) is 4.90 Å². The van der Waals surface area contributed by atoms with Crippen molar-refractivity contribution in [3.8, 4) is 34.5 Å². The number of guanidine groups is 1. The van der Waals surface area contributed by atoms with E-state index in [2.05, 4.69) is 41.5 Å². The van der Waals surface area contributed by atoms with Gasteiger partial charge in [-0.3, -0.25) is 0 Å². The van der Waals surface area contributed by atoms with Gasteiger partial charge in [0.25, 0.3) is 0 Å². The zero-order chi connectivity index (χ0) is 74.5. The van der Waals surface area contributed by atoms with Crippen LogP contribution in [0.2, 0.25) is 10.0 Å². The minimum atomic E-state index is 0.395. The third kappa shape index (κ3) is 39.3. The van der Waals surface area contributed by atoms with E-state index in [1.54, 1.807) is 0 Å². The molecule has 3 heterocycles. The fraction of sp³-hybridized carbons (Fsp3) is 0.783. The van der Waals surface area contributed by atoms with Gasteiger partial charge in [-0.15, -0.1) is 0 Å². The summed E-state index contributed by atoms with van der Waals surface area (Å²) >= 11 is 15.6. The molecule has 0 saturated heterocycles. The first-order valence-electron chi connectivity index (χ1n) is 44.9. The number of benzene rings is 2. The summed E-state index contributed by atoms with van der Waals surface area (Å²) in [7, 11) is 0. The number of hydrogen-bond acceptors (Lipinski definition) is 11. The molecule has 0 amide bonds. The Kier molecular flexibility index (Phi) is 54.4. The normalized spacial score (nSPS) is 13.2. The first-order chi connectivity index (χ1) is 51.9. The molecule has 3 aliphatic heterocycles. The summed E-state index contributed by atoms with van der Waals surface area (Å²) in [5.74, 6) is 5.77. The standard InChI is InChI=1S/C92H155Cl2N5O6/c1-7-13-19-25-31-37-43-49-55-61-70-100-80-76-78(84(93)88(104-74-65-59-53-47-41-35-29-23-17-11-5)86(80)102-72-63-57-51-45-39-33-27-21-15-9-3)90-95-82-68-67-69-83-96-91(98-92(97-90)99(82)83)79-77-81(101-71-62-56-50-44-38-32-26-20-14-8-2)87(103-73-64-58-52-46-40-34-28-22-16-10-4)89(85(79)94)105-75-66-60-54-48-42-36-30-24-18-12-6/h67-69,76-77H,7-66,70-75H2,1-6H3. The topological polar surface area (TPSA) is 108 Å². The van der Waals surface area contributed by atoms with Gasteiger partial charge in [-0.05, 0) is 62.8 Å². The lowest BCUT2D eigenvalue weighted by atomic mass is 10.1. The van der Waals surface area contributed by atoms with Gasteiger partial charge in [0.05, 0.1) is 49.7 Å². The molecule has 11 nitrogen and oxygen atoms in total. The predicted octanol–water partition coefficient (Wildman–Crippen LogP) is 30.5. The maximum absolute atomic E-state index is 7.80. The Morgan fingerprint density at radius 2 is 0.505 bits per heavy atom. The van der Waals surface area contributed by atoms with Gasteiger partial charge in [0.1, 0.15) is 11.7 Å². The lowest BCUT2D eigenvalue weighted by Gasteiger charge is -2.32.